The minimum atomic E-state index is -5.08. The van der Waals surface area contributed by atoms with E-state index in [-0.39, 0.29) is 0 Å². The zero-order valence-corrected chi connectivity index (χ0v) is 10.9. The molecule has 1 heterocycles. The number of alkyl halides is 6. The van der Waals surface area contributed by atoms with Crippen molar-refractivity contribution in [3.8, 4) is 11.8 Å². The van der Waals surface area contributed by atoms with E-state index in [2.05, 4.69) is 9.72 Å². The molecule has 0 N–H and O–H groups in total. The van der Waals surface area contributed by atoms with Crippen LogP contribution in [0.2, 0.25) is 0 Å². The molecular weight excluding hydrogens is 393 g/mol. The largest absolute Gasteiger partial charge is 0.573 e. The number of ether oxygens (including phenoxy) is 1. The smallest absolute Gasteiger partial charge is 0.403 e. The number of nitrogens with zero attached hydrogens (tertiary/aromatic N) is 2. The van der Waals surface area contributed by atoms with Crippen LogP contribution in [0.3, 0.4) is 0 Å². The molecule has 104 valence electrons. The minimum absolute atomic E-state index is 0.368. The second-order valence-electron chi connectivity index (χ2n) is 3.17. The Morgan fingerprint density at radius 1 is 1.26 bits per heavy atom. The van der Waals surface area contributed by atoms with Crippen molar-refractivity contribution in [3.63, 3.8) is 0 Å². The minimum Gasteiger partial charge on any atom is -0.403 e. The summed E-state index contributed by atoms with van der Waals surface area (Å²) >= 11 is 1.19. The quantitative estimate of drug-likeness (QED) is 0.436. The number of aromatic nitrogens is 1. The molecule has 0 amide bonds. The topological polar surface area (TPSA) is 45.9 Å². The number of hydrogen-bond acceptors (Lipinski definition) is 3. The molecule has 0 aromatic carbocycles. The summed E-state index contributed by atoms with van der Waals surface area (Å²) in [6, 6.07) is 1.84. The van der Waals surface area contributed by atoms with E-state index in [9.17, 15) is 26.3 Å². The van der Waals surface area contributed by atoms with Gasteiger partial charge in [-0.15, -0.1) is 13.2 Å². The molecule has 10 heteroatoms. The van der Waals surface area contributed by atoms with Crippen LogP contribution in [-0.4, -0.2) is 11.3 Å². The summed E-state index contributed by atoms with van der Waals surface area (Å²) < 4.78 is 76.7. The van der Waals surface area contributed by atoms with Crippen molar-refractivity contribution in [2.45, 2.75) is 19.0 Å². The molecular formula is C9H3F6IN2O. The molecule has 0 spiro atoms. The zero-order chi connectivity index (χ0) is 14.8. The molecule has 0 saturated carbocycles. The number of pyridine rings is 1. The number of halogens is 7. The normalized spacial score (nSPS) is 12.1. The van der Waals surface area contributed by atoms with Crippen LogP contribution in [0.15, 0.2) is 6.07 Å². The van der Waals surface area contributed by atoms with Gasteiger partial charge in [0, 0.05) is 5.56 Å². The third-order valence-electron chi connectivity index (χ3n) is 1.79. The highest BCUT2D eigenvalue weighted by atomic mass is 127. The summed E-state index contributed by atoms with van der Waals surface area (Å²) in [6.07, 6.45) is -10.6. The van der Waals surface area contributed by atoms with Crippen molar-refractivity contribution in [2.75, 3.05) is 0 Å². The Kier molecular flexibility index (Phi) is 4.49. The monoisotopic (exact) mass is 396 g/mol. The second kappa shape index (κ2) is 5.40. The molecule has 1 aromatic rings. The van der Waals surface area contributed by atoms with E-state index in [1.165, 1.54) is 28.7 Å². The second-order valence-corrected chi connectivity index (χ2v) is 4.19. The van der Waals surface area contributed by atoms with Gasteiger partial charge < -0.3 is 4.74 Å². The van der Waals surface area contributed by atoms with E-state index >= 15 is 0 Å². The first-order valence-corrected chi connectivity index (χ1v) is 5.52. The van der Waals surface area contributed by atoms with E-state index < -0.39 is 39.7 Å². The van der Waals surface area contributed by atoms with Crippen molar-refractivity contribution in [3.05, 3.63) is 21.0 Å². The van der Waals surface area contributed by atoms with Gasteiger partial charge in [0.2, 0.25) is 0 Å². The maximum absolute atomic E-state index is 12.4. The maximum atomic E-state index is 12.4. The van der Waals surface area contributed by atoms with Crippen LogP contribution in [-0.2, 0) is 12.6 Å². The standard InChI is InChI=1S/C9H3F6IN2O/c10-8(11,12)5-3-4(1-2-17)6(7(16)18-5)19-9(13,14)15/h3H,1H2. The van der Waals surface area contributed by atoms with Gasteiger partial charge in [-0.2, -0.15) is 18.4 Å². The van der Waals surface area contributed by atoms with Gasteiger partial charge >= 0.3 is 12.5 Å². The fraction of sp³-hybridized carbons (Fsp3) is 0.333. The zero-order valence-electron chi connectivity index (χ0n) is 8.73. The average molecular weight is 396 g/mol. The van der Waals surface area contributed by atoms with Crippen molar-refractivity contribution in [1.82, 2.24) is 4.98 Å². The van der Waals surface area contributed by atoms with Crippen LogP contribution in [0.25, 0.3) is 0 Å². The summed E-state index contributed by atoms with van der Waals surface area (Å²) in [5.74, 6) is -0.886. The van der Waals surface area contributed by atoms with Crippen molar-refractivity contribution in [2.24, 2.45) is 0 Å². The van der Waals surface area contributed by atoms with Crippen molar-refractivity contribution < 1.29 is 31.1 Å². The number of rotatable bonds is 2. The Bertz CT molecular complexity index is 519. The van der Waals surface area contributed by atoms with Crippen LogP contribution in [0.4, 0.5) is 26.3 Å². The Morgan fingerprint density at radius 2 is 1.84 bits per heavy atom. The first-order chi connectivity index (χ1) is 8.54. The van der Waals surface area contributed by atoms with Gasteiger partial charge in [0.25, 0.3) is 0 Å². The van der Waals surface area contributed by atoms with Crippen LogP contribution < -0.4 is 4.74 Å². The van der Waals surface area contributed by atoms with E-state index in [1.807, 2.05) is 0 Å². The van der Waals surface area contributed by atoms with E-state index in [4.69, 9.17) is 5.26 Å². The lowest BCUT2D eigenvalue weighted by molar-refractivity contribution is -0.275. The molecule has 0 saturated heterocycles. The van der Waals surface area contributed by atoms with Crippen LogP contribution in [0, 0.1) is 15.0 Å². The summed E-state index contributed by atoms with van der Waals surface area (Å²) in [7, 11) is 0. The highest BCUT2D eigenvalue weighted by molar-refractivity contribution is 14.1. The molecule has 0 atom stereocenters. The highest BCUT2D eigenvalue weighted by Gasteiger charge is 2.37. The van der Waals surface area contributed by atoms with Gasteiger partial charge in [-0.25, -0.2) is 4.98 Å². The molecule has 1 aromatic heterocycles. The van der Waals surface area contributed by atoms with Crippen LogP contribution >= 0.6 is 22.6 Å². The molecule has 19 heavy (non-hydrogen) atoms. The van der Waals surface area contributed by atoms with Gasteiger partial charge in [-0.05, 0) is 28.7 Å². The molecule has 0 unspecified atom stereocenters. The van der Waals surface area contributed by atoms with Crippen molar-refractivity contribution >= 4 is 22.6 Å². The predicted molar refractivity (Wildman–Crippen MR) is 58.0 cm³/mol. The van der Waals surface area contributed by atoms with E-state index in [1.54, 1.807) is 0 Å². The maximum Gasteiger partial charge on any atom is 0.573 e. The third-order valence-corrected chi connectivity index (χ3v) is 2.52. The Labute approximate surface area is 116 Å². The Hall–Kier alpha value is -1.25. The van der Waals surface area contributed by atoms with E-state index in [0.29, 0.717) is 6.07 Å². The highest BCUT2D eigenvalue weighted by Crippen LogP contribution is 2.35. The molecule has 0 aliphatic carbocycles. The Balaban J connectivity index is 3.36. The van der Waals surface area contributed by atoms with Crippen molar-refractivity contribution in [1.29, 1.82) is 5.26 Å². The van der Waals surface area contributed by atoms with Gasteiger partial charge in [-0.1, -0.05) is 0 Å². The molecule has 0 bridgehead atoms. The predicted octanol–water partition coefficient (Wildman–Crippen LogP) is 3.67. The van der Waals surface area contributed by atoms with Crippen LogP contribution in [0.1, 0.15) is 11.3 Å². The average Bonchev–Trinajstić information content (AvgIpc) is 2.20. The van der Waals surface area contributed by atoms with E-state index in [0.717, 1.165) is 0 Å². The third kappa shape index (κ3) is 4.41. The summed E-state index contributed by atoms with van der Waals surface area (Å²) in [5, 5.41) is 8.44. The first-order valence-electron chi connectivity index (χ1n) is 4.44. The van der Waals surface area contributed by atoms with Gasteiger partial charge in [-0.3, -0.25) is 0 Å². The first kappa shape index (κ1) is 15.8. The number of hydrogen-bond donors (Lipinski definition) is 0. The van der Waals surface area contributed by atoms with Crippen LogP contribution in [0.5, 0.6) is 5.75 Å². The molecule has 0 fully saturated rings. The number of nitriles is 1. The summed E-state index contributed by atoms with van der Waals surface area (Å²) in [6.45, 7) is 0. The lowest BCUT2D eigenvalue weighted by Crippen LogP contribution is -2.20. The van der Waals surface area contributed by atoms with Gasteiger partial charge in [0.1, 0.15) is 9.39 Å². The fourth-order valence-corrected chi connectivity index (χ4v) is 1.85. The molecule has 0 aliphatic heterocycles. The van der Waals surface area contributed by atoms with Gasteiger partial charge in [0.15, 0.2) is 5.75 Å². The molecule has 3 nitrogen and oxygen atoms in total. The lowest BCUT2D eigenvalue weighted by atomic mass is 10.1. The fourth-order valence-electron chi connectivity index (χ4n) is 1.14. The molecule has 1 rings (SSSR count). The Morgan fingerprint density at radius 3 is 2.26 bits per heavy atom. The SMILES string of the molecule is N#CCc1cc(C(F)(F)F)nc(I)c1OC(F)(F)F. The summed E-state index contributed by atoms with van der Waals surface area (Å²) in [5.41, 5.74) is -1.90. The lowest BCUT2D eigenvalue weighted by Gasteiger charge is -2.15. The molecule has 0 aliphatic rings. The summed E-state index contributed by atoms with van der Waals surface area (Å²) in [4.78, 5) is 3.00. The van der Waals surface area contributed by atoms with Gasteiger partial charge in [0.05, 0.1) is 12.5 Å². The molecule has 0 radical (unpaired) electrons.